The molecule has 1 aromatic carbocycles. The van der Waals surface area contributed by atoms with Gasteiger partial charge in [-0.25, -0.2) is 4.98 Å². The molecule has 0 amide bonds. The zero-order valence-electron chi connectivity index (χ0n) is 18.6. The van der Waals surface area contributed by atoms with Gasteiger partial charge in [0.25, 0.3) is 0 Å². The van der Waals surface area contributed by atoms with Gasteiger partial charge in [0.05, 0.1) is 18.3 Å². The molecule has 4 aromatic rings. The minimum absolute atomic E-state index is 0.121. The topological polar surface area (TPSA) is 55.2 Å². The molecule has 2 atom stereocenters. The van der Waals surface area contributed by atoms with E-state index in [9.17, 15) is 0 Å². The van der Waals surface area contributed by atoms with E-state index in [0.29, 0.717) is 11.7 Å². The number of hydrogen-bond acceptors (Lipinski definition) is 4. The number of rotatable bonds is 6. The molecule has 0 spiro atoms. The summed E-state index contributed by atoms with van der Waals surface area (Å²) in [6.07, 6.45) is 5.74. The van der Waals surface area contributed by atoms with E-state index < -0.39 is 0 Å². The zero-order valence-corrected chi connectivity index (χ0v) is 19.4. The first-order chi connectivity index (χ1) is 16.2. The van der Waals surface area contributed by atoms with Gasteiger partial charge in [-0.1, -0.05) is 12.1 Å². The Hall–Kier alpha value is -3.71. The minimum Gasteiger partial charge on any atom is -0.494 e. The normalized spacial score (nSPS) is 17.8. The van der Waals surface area contributed by atoms with Crippen molar-refractivity contribution in [2.45, 2.75) is 25.9 Å². The first-order valence-corrected chi connectivity index (χ1v) is 11.4. The van der Waals surface area contributed by atoms with Crippen molar-refractivity contribution < 1.29 is 4.74 Å². The number of aromatic nitrogens is 3. The van der Waals surface area contributed by atoms with Gasteiger partial charge in [-0.2, -0.15) is 0 Å². The lowest BCUT2D eigenvalue weighted by atomic mass is 10.0. The lowest BCUT2D eigenvalue weighted by molar-refractivity contribution is 0.340. The molecular weight excluding hydrogens is 430 g/mol. The van der Waals surface area contributed by atoms with E-state index in [4.69, 9.17) is 17.0 Å². The van der Waals surface area contributed by atoms with E-state index in [-0.39, 0.29) is 12.1 Å². The van der Waals surface area contributed by atoms with Crippen LogP contribution >= 0.6 is 12.2 Å². The molecule has 4 heterocycles. The molecule has 1 saturated heterocycles. The molecule has 5 rings (SSSR count). The van der Waals surface area contributed by atoms with Crippen LogP contribution in [0.5, 0.6) is 5.75 Å². The number of aryl methyl sites for hydroxylation is 1. The van der Waals surface area contributed by atoms with Crippen molar-refractivity contribution in [1.82, 2.24) is 19.9 Å². The van der Waals surface area contributed by atoms with Gasteiger partial charge in [0, 0.05) is 30.0 Å². The fraction of sp³-hybridized carbons (Fsp3) is 0.192. The van der Waals surface area contributed by atoms with Gasteiger partial charge in [0.15, 0.2) is 5.11 Å². The Morgan fingerprint density at radius 1 is 1.00 bits per heavy atom. The van der Waals surface area contributed by atoms with Gasteiger partial charge in [0.2, 0.25) is 0 Å². The van der Waals surface area contributed by atoms with Crippen molar-refractivity contribution in [2.75, 3.05) is 11.5 Å². The molecule has 0 unspecified atom stereocenters. The van der Waals surface area contributed by atoms with Crippen LogP contribution in [0.4, 0.5) is 5.69 Å². The molecule has 1 fully saturated rings. The van der Waals surface area contributed by atoms with E-state index in [1.807, 2.05) is 87.0 Å². The standard InChI is InChI=1S/C26H25N5OS/c1-3-32-20-12-10-19(11-13-20)31-25(24(29-26(31)33)21-7-4-5-15-27-21)22-8-6-16-30(22)23-14-9-18(2)17-28-23/h4-17,24-25H,3H2,1-2H3,(H,29,33)/t24-,25-/m0/s1. The van der Waals surface area contributed by atoms with Crippen LogP contribution in [0.3, 0.4) is 0 Å². The maximum absolute atomic E-state index is 5.84. The Labute approximate surface area is 198 Å². The third-order valence-electron chi connectivity index (χ3n) is 5.75. The average Bonchev–Trinajstić information content (AvgIpc) is 3.45. The van der Waals surface area contributed by atoms with E-state index in [1.54, 1.807) is 0 Å². The lowest BCUT2D eigenvalue weighted by Gasteiger charge is -2.29. The van der Waals surface area contributed by atoms with Crippen LogP contribution in [-0.4, -0.2) is 26.3 Å². The van der Waals surface area contributed by atoms with Crippen molar-refractivity contribution in [3.05, 3.63) is 102 Å². The highest BCUT2D eigenvalue weighted by Gasteiger charge is 2.42. The lowest BCUT2D eigenvalue weighted by Crippen LogP contribution is -2.30. The predicted octanol–water partition coefficient (Wildman–Crippen LogP) is 5.15. The Morgan fingerprint density at radius 3 is 2.55 bits per heavy atom. The minimum atomic E-state index is -0.122. The van der Waals surface area contributed by atoms with Gasteiger partial charge in [-0.3, -0.25) is 4.98 Å². The van der Waals surface area contributed by atoms with E-state index in [2.05, 4.69) is 36.9 Å². The molecule has 0 bridgehead atoms. The van der Waals surface area contributed by atoms with Crippen molar-refractivity contribution in [1.29, 1.82) is 0 Å². The summed E-state index contributed by atoms with van der Waals surface area (Å²) < 4.78 is 7.76. The molecule has 1 aliphatic rings. The smallest absolute Gasteiger partial charge is 0.174 e. The maximum Gasteiger partial charge on any atom is 0.174 e. The third kappa shape index (κ3) is 4.07. The van der Waals surface area contributed by atoms with Crippen LogP contribution in [0.25, 0.3) is 5.82 Å². The Morgan fingerprint density at radius 2 is 1.85 bits per heavy atom. The van der Waals surface area contributed by atoms with E-state index >= 15 is 0 Å². The van der Waals surface area contributed by atoms with Crippen molar-refractivity contribution in [3.63, 3.8) is 0 Å². The Bertz CT molecular complexity index is 1240. The van der Waals surface area contributed by atoms with Crippen LogP contribution in [0.2, 0.25) is 0 Å². The fourth-order valence-electron chi connectivity index (χ4n) is 4.25. The molecule has 0 radical (unpaired) electrons. The van der Waals surface area contributed by atoms with Crippen molar-refractivity contribution in [2.24, 2.45) is 0 Å². The zero-order chi connectivity index (χ0) is 22.8. The monoisotopic (exact) mass is 455 g/mol. The molecule has 3 aromatic heterocycles. The number of thiocarbonyl (C=S) groups is 1. The Balaban J connectivity index is 1.62. The average molecular weight is 456 g/mol. The molecule has 7 heteroatoms. The van der Waals surface area contributed by atoms with Crippen LogP contribution in [0.1, 0.15) is 36.0 Å². The summed E-state index contributed by atoms with van der Waals surface area (Å²) >= 11 is 5.84. The number of nitrogens with one attached hydrogen (secondary N) is 1. The second-order valence-electron chi connectivity index (χ2n) is 7.92. The van der Waals surface area contributed by atoms with Crippen LogP contribution in [0.15, 0.2) is 85.3 Å². The van der Waals surface area contributed by atoms with Gasteiger partial charge in [-0.15, -0.1) is 0 Å². The summed E-state index contributed by atoms with van der Waals surface area (Å²) in [6, 6.07) is 22.1. The largest absolute Gasteiger partial charge is 0.494 e. The van der Waals surface area contributed by atoms with Gasteiger partial charge in [-0.05, 0) is 86.2 Å². The van der Waals surface area contributed by atoms with Crippen LogP contribution < -0.4 is 15.0 Å². The molecular formula is C26H25N5OS. The highest BCUT2D eigenvalue weighted by Crippen LogP contribution is 2.42. The van der Waals surface area contributed by atoms with E-state index in [0.717, 1.165) is 34.2 Å². The number of anilines is 1. The van der Waals surface area contributed by atoms with Crippen molar-refractivity contribution >= 4 is 23.0 Å². The van der Waals surface area contributed by atoms with Crippen LogP contribution in [-0.2, 0) is 0 Å². The number of benzene rings is 1. The highest BCUT2D eigenvalue weighted by molar-refractivity contribution is 7.80. The summed E-state index contributed by atoms with van der Waals surface area (Å²) in [5, 5.41) is 4.17. The molecule has 166 valence electrons. The van der Waals surface area contributed by atoms with Crippen molar-refractivity contribution in [3.8, 4) is 11.6 Å². The number of pyridine rings is 2. The predicted molar refractivity (Wildman–Crippen MR) is 134 cm³/mol. The van der Waals surface area contributed by atoms with Gasteiger partial charge >= 0.3 is 0 Å². The highest BCUT2D eigenvalue weighted by atomic mass is 32.1. The van der Waals surface area contributed by atoms with Gasteiger partial charge < -0.3 is 19.5 Å². The summed E-state index contributed by atoms with van der Waals surface area (Å²) in [4.78, 5) is 11.5. The first-order valence-electron chi connectivity index (χ1n) is 11.0. The molecule has 1 aliphatic heterocycles. The second-order valence-corrected chi connectivity index (χ2v) is 8.31. The molecule has 1 N–H and O–H groups in total. The summed E-state index contributed by atoms with van der Waals surface area (Å²) in [5.41, 5.74) is 4.12. The Kier molecular flexibility index (Phi) is 5.79. The maximum atomic E-state index is 5.84. The number of hydrogen-bond donors (Lipinski definition) is 1. The molecule has 0 saturated carbocycles. The number of ether oxygens (including phenoxy) is 1. The number of nitrogens with zero attached hydrogens (tertiary/aromatic N) is 4. The van der Waals surface area contributed by atoms with Gasteiger partial charge in [0.1, 0.15) is 17.6 Å². The second kappa shape index (κ2) is 9.03. The van der Waals surface area contributed by atoms with Crippen LogP contribution in [0, 0.1) is 6.92 Å². The molecule has 6 nitrogen and oxygen atoms in total. The van der Waals surface area contributed by atoms with E-state index in [1.165, 1.54) is 0 Å². The molecule has 0 aliphatic carbocycles. The third-order valence-corrected chi connectivity index (χ3v) is 6.06. The SMILES string of the molecule is CCOc1ccc(N2C(=S)N[C@@H](c3ccccn3)[C@@H]2c2cccn2-c2ccc(C)cn2)cc1. The first kappa shape index (κ1) is 21.2. The summed E-state index contributed by atoms with van der Waals surface area (Å²) in [7, 11) is 0. The summed E-state index contributed by atoms with van der Waals surface area (Å²) in [6.45, 7) is 4.65. The molecule has 33 heavy (non-hydrogen) atoms. The fourth-order valence-corrected chi connectivity index (χ4v) is 4.60. The quantitative estimate of drug-likeness (QED) is 0.406. The summed E-state index contributed by atoms with van der Waals surface area (Å²) in [5.74, 6) is 1.70.